The van der Waals surface area contributed by atoms with Gasteiger partial charge in [0.2, 0.25) is 5.91 Å². The van der Waals surface area contributed by atoms with Crippen LogP contribution in [0.3, 0.4) is 0 Å². The van der Waals surface area contributed by atoms with Gasteiger partial charge in [0, 0.05) is 31.7 Å². The van der Waals surface area contributed by atoms with Crippen LogP contribution in [0.2, 0.25) is 0 Å². The summed E-state index contributed by atoms with van der Waals surface area (Å²) in [5, 5.41) is 24.7. The lowest BCUT2D eigenvalue weighted by Crippen LogP contribution is -2.44. The van der Waals surface area contributed by atoms with Crippen molar-refractivity contribution in [1.82, 2.24) is 15.2 Å². The number of nitrogens with one attached hydrogen (secondary N) is 2. The van der Waals surface area contributed by atoms with Gasteiger partial charge in [-0.2, -0.15) is 0 Å². The highest BCUT2D eigenvalue weighted by Gasteiger charge is 2.22. The topological polar surface area (TPSA) is 132 Å². The molecule has 1 unspecified atom stereocenters. The molecule has 1 aliphatic heterocycles. The molecule has 9 heteroatoms. The summed E-state index contributed by atoms with van der Waals surface area (Å²) in [6.07, 6.45) is 7.10. The van der Waals surface area contributed by atoms with E-state index in [1.807, 2.05) is 18.7 Å². The lowest BCUT2D eigenvalue weighted by atomic mass is 9.99. The van der Waals surface area contributed by atoms with Crippen LogP contribution in [0.15, 0.2) is 12.1 Å². The van der Waals surface area contributed by atoms with Crippen molar-refractivity contribution in [3.05, 3.63) is 23.4 Å². The lowest BCUT2D eigenvalue weighted by Gasteiger charge is -2.24. The van der Waals surface area contributed by atoms with Gasteiger partial charge in [0.25, 0.3) is 0 Å². The fourth-order valence-electron chi connectivity index (χ4n) is 4.40. The Morgan fingerprint density at radius 3 is 2.57 bits per heavy atom. The maximum atomic E-state index is 12.3. The molecule has 196 valence electrons. The minimum absolute atomic E-state index is 0.00315. The maximum Gasteiger partial charge on any atom is 0.326 e. The summed E-state index contributed by atoms with van der Waals surface area (Å²) in [5.74, 6) is -0.947. The smallest absolute Gasteiger partial charge is 0.326 e. The molecule has 0 radical (unpaired) electrons. The van der Waals surface area contributed by atoms with Crippen molar-refractivity contribution >= 4 is 23.7 Å². The fraction of sp³-hybridized carbons (Fsp3) is 0.692. The average Bonchev–Trinajstić information content (AvgIpc) is 2.84. The van der Waals surface area contributed by atoms with Gasteiger partial charge >= 0.3 is 11.9 Å². The summed E-state index contributed by atoms with van der Waals surface area (Å²) >= 11 is 0. The number of carboxylic acids is 2. The van der Waals surface area contributed by atoms with Crippen LogP contribution in [-0.4, -0.2) is 70.2 Å². The van der Waals surface area contributed by atoms with E-state index in [1.165, 1.54) is 5.56 Å². The van der Waals surface area contributed by atoms with Gasteiger partial charge in [-0.15, -0.1) is 0 Å². The van der Waals surface area contributed by atoms with Gasteiger partial charge in [-0.1, -0.05) is 32.8 Å². The van der Waals surface area contributed by atoms with Crippen LogP contribution >= 0.6 is 0 Å². The van der Waals surface area contributed by atoms with Gasteiger partial charge in [-0.3, -0.25) is 9.59 Å². The van der Waals surface area contributed by atoms with Crippen LogP contribution in [0.25, 0.3) is 0 Å². The quantitative estimate of drug-likeness (QED) is 0.245. The van der Waals surface area contributed by atoms with Gasteiger partial charge in [0.05, 0.1) is 6.42 Å². The monoisotopic (exact) mass is 490 g/mol. The molecule has 0 fully saturated rings. The molecule has 2 heterocycles. The zero-order valence-corrected chi connectivity index (χ0v) is 21.2. The standard InChI is InChI=1S/C26H42N4O5/c1-3-19(4-2)18-23(31)29-22(26(34)35)12-16-30(17-13-24(32)33)15-6-5-9-21-11-10-20-8-7-14-27-25(20)28-21/h10-11,19,22H,3-9,12-18H2,1-2H3,(H,27,28)(H,29,31)(H,32,33)(H,34,35). The molecule has 1 amide bonds. The van der Waals surface area contributed by atoms with Crippen molar-refractivity contribution in [3.8, 4) is 0 Å². The van der Waals surface area contributed by atoms with Crippen LogP contribution in [0.4, 0.5) is 5.82 Å². The van der Waals surface area contributed by atoms with Crippen LogP contribution in [0.5, 0.6) is 0 Å². The number of pyridine rings is 1. The third kappa shape index (κ3) is 10.6. The molecule has 1 aliphatic rings. The van der Waals surface area contributed by atoms with Gasteiger partial charge in [0.15, 0.2) is 0 Å². The van der Waals surface area contributed by atoms with E-state index >= 15 is 0 Å². The Morgan fingerprint density at radius 1 is 1.11 bits per heavy atom. The van der Waals surface area contributed by atoms with Gasteiger partial charge in [-0.25, -0.2) is 9.78 Å². The second-order valence-corrected chi connectivity index (χ2v) is 9.42. The number of aliphatic carboxylic acids is 2. The molecule has 35 heavy (non-hydrogen) atoms. The SMILES string of the molecule is CCC(CC)CC(=O)NC(CCN(CCCCc1ccc2c(n1)NCCC2)CCC(=O)O)C(=O)O. The number of amides is 1. The molecule has 0 bridgehead atoms. The Kier molecular flexibility index (Phi) is 12.5. The number of rotatable bonds is 17. The highest BCUT2D eigenvalue weighted by molar-refractivity contribution is 5.83. The molecule has 1 atom stereocenters. The fourth-order valence-corrected chi connectivity index (χ4v) is 4.40. The summed E-state index contributed by atoms with van der Waals surface area (Å²) in [5.41, 5.74) is 2.31. The number of aromatic nitrogens is 1. The lowest BCUT2D eigenvalue weighted by molar-refractivity contribution is -0.142. The second kappa shape index (κ2) is 15.3. The molecule has 0 aliphatic carbocycles. The predicted octanol–water partition coefficient (Wildman–Crippen LogP) is 3.32. The Labute approximate surface area is 208 Å². The van der Waals surface area contributed by atoms with Gasteiger partial charge in [-0.05, 0) is 62.6 Å². The normalized spacial score (nSPS) is 13.8. The van der Waals surface area contributed by atoms with E-state index in [0.29, 0.717) is 26.1 Å². The first-order valence-corrected chi connectivity index (χ1v) is 13.0. The molecule has 2 rings (SSSR count). The number of unbranched alkanes of at least 4 members (excludes halogenated alkanes) is 1. The Balaban J connectivity index is 1.83. The Hall–Kier alpha value is -2.68. The second-order valence-electron chi connectivity index (χ2n) is 9.42. The van der Waals surface area contributed by atoms with E-state index < -0.39 is 18.0 Å². The third-order valence-electron chi connectivity index (χ3n) is 6.75. The molecule has 4 N–H and O–H groups in total. The van der Waals surface area contributed by atoms with E-state index in [9.17, 15) is 19.5 Å². The minimum atomic E-state index is -1.06. The van der Waals surface area contributed by atoms with Crippen LogP contribution < -0.4 is 10.6 Å². The van der Waals surface area contributed by atoms with E-state index in [2.05, 4.69) is 22.8 Å². The number of nitrogens with zero attached hydrogens (tertiary/aromatic N) is 2. The first-order chi connectivity index (χ1) is 16.8. The van der Waals surface area contributed by atoms with Crippen LogP contribution in [0.1, 0.15) is 76.5 Å². The van der Waals surface area contributed by atoms with Crippen LogP contribution in [-0.2, 0) is 27.2 Å². The van der Waals surface area contributed by atoms with E-state index in [0.717, 1.165) is 63.0 Å². The molecule has 0 aromatic carbocycles. The molecule has 1 aromatic rings. The van der Waals surface area contributed by atoms with Crippen molar-refractivity contribution in [2.45, 2.75) is 84.1 Å². The maximum absolute atomic E-state index is 12.3. The summed E-state index contributed by atoms with van der Waals surface area (Å²) in [6.45, 7) is 6.44. The molecule has 1 aromatic heterocycles. The summed E-state index contributed by atoms with van der Waals surface area (Å²) in [7, 11) is 0. The molecular weight excluding hydrogens is 448 g/mol. The molecule has 0 spiro atoms. The Morgan fingerprint density at radius 2 is 1.89 bits per heavy atom. The summed E-state index contributed by atoms with van der Waals surface area (Å²) in [4.78, 5) is 41.8. The number of anilines is 1. The first kappa shape index (κ1) is 28.6. The number of fused-ring (bicyclic) bond motifs is 1. The minimum Gasteiger partial charge on any atom is -0.481 e. The predicted molar refractivity (Wildman–Crippen MR) is 136 cm³/mol. The highest BCUT2D eigenvalue weighted by atomic mass is 16.4. The van der Waals surface area contributed by atoms with Crippen molar-refractivity contribution in [2.24, 2.45) is 5.92 Å². The molecule has 9 nitrogen and oxygen atoms in total. The number of aryl methyl sites for hydroxylation is 2. The molecular formula is C26H42N4O5. The molecule has 0 saturated carbocycles. The average molecular weight is 491 g/mol. The molecule has 0 saturated heterocycles. The van der Waals surface area contributed by atoms with Gasteiger partial charge in [0.1, 0.15) is 11.9 Å². The van der Waals surface area contributed by atoms with Crippen LogP contribution in [0, 0.1) is 5.92 Å². The third-order valence-corrected chi connectivity index (χ3v) is 6.75. The van der Waals surface area contributed by atoms with Gasteiger partial charge < -0.3 is 25.7 Å². The number of carboxylic acid groups (broad SMARTS) is 2. The highest BCUT2D eigenvalue weighted by Crippen LogP contribution is 2.20. The largest absolute Gasteiger partial charge is 0.481 e. The number of carbonyl (C=O) groups is 3. The number of hydrogen-bond acceptors (Lipinski definition) is 6. The zero-order valence-electron chi connectivity index (χ0n) is 21.2. The van der Waals surface area contributed by atoms with Crippen molar-refractivity contribution in [3.63, 3.8) is 0 Å². The van der Waals surface area contributed by atoms with E-state index in [1.54, 1.807) is 0 Å². The van der Waals surface area contributed by atoms with E-state index in [-0.39, 0.29) is 24.7 Å². The summed E-state index contributed by atoms with van der Waals surface area (Å²) in [6, 6.07) is 3.25. The van der Waals surface area contributed by atoms with Crippen molar-refractivity contribution < 1.29 is 24.6 Å². The van der Waals surface area contributed by atoms with Crippen molar-refractivity contribution in [2.75, 3.05) is 31.5 Å². The number of carbonyl (C=O) groups excluding carboxylic acids is 1. The number of hydrogen-bond donors (Lipinski definition) is 4. The van der Waals surface area contributed by atoms with Crippen molar-refractivity contribution in [1.29, 1.82) is 0 Å². The summed E-state index contributed by atoms with van der Waals surface area (Å²) < 4.78 is 0. The Bertz CT molecular complexity index is 828. The van der Waals surface area contributed by atoms with E-state index in [4.69, 9.17) is 10.1 Å². The first-order valence-electron chi connectivity index (χ1n) is 13.0. The zero-order chi connectivity index (χ0) is 25.6.